The molecule has 0 aliphatic carbocycles. The Morgan fingerprint density at radius 2 is 2.00 bits per heavy atom. The summed E-state index contributed by atoms with van der Waals surface area (Å²) < 4.78 is 1.11. The summed E-state index contributed by atoms with van der Waals surface area (Å²) in [5.74, 6) is 1.75. The van der Waals surface area contributed by atoms with Gasteiger partial charge in [-0.05, 0) is 42.4 Å². The number of hydrogen-bond acceptors (Lipinski definition) is 1. The molecule has 0 radical (unpaired) electrons. The van der Waals surface area contributed by atoms with Crippen LogP contribution in [-0.2, 0) is 6.42 Å². The molecule has 1 N–H and O–H groups in total. The first kappa shape index (κ1) is 14.6. The van der Waals surface area contributed by atoms with Crippen LogP contribution in [0.3, 0.4) is 0 Å². The van der Waals surface area contributed by atoms with E-state index < -0.39 is 0 Å². The van der Waals surface area contributed by atoms with E-state index in [2.05, 4.69) is 67.7 Å². The number of aromatic nitrogens is 2. The molecule has 1 heterocycles. The van der Waals surface area contributed by atoms with E-state index >= 15 is 0 Å². The fourth-order valence-corrected chi connectivity index (χ4v) is 3.41. The molecule has 19 heavy (non-hydrogen) atoms. The summed E-state index contributed by atoms with van der Waals surface area (Å²) in [5, 5.41) is 0. The maximum absolute atomic E-state index is 4.75. The van der Waals surface area contributed by atoms with Crippen LogP contribution in [0.2, 0.25) is 0 Å². The topological polar surface area (TPSA) is 28.7 Å². The van der Waals surface area contributed by atoms with E-state index in [0.29, 0.717) is 11.3 Å². The van der Waals surface area contributed by atoms with Gasteiger partial charge >= 0.3 is 0 Å². The van der Waals surface area contributed by atoms with E-state index in [-0.39, 0.29) is 0 Å². The first-order valence-electron chi connectivity index (χ1n) is 6.89. The van der Waals surface area contributed by atoms with Crippen LogP contribution in [0, 0.1) is 18.3 Å². The van der Waals surface area contributed by atoms with E-state index in [0.717, 1.165) is 27.8 Å². The first-order valence-corrected chi connectivity index (χ1v) is 7.68. The third-order valence-corrected chi connectivity index (χ3v) is 3.75. The number of rotatable bonds is 3. The lowest BCUT2D eigenvalue weighted by atomic mass is 9.84. The third-order valence-electron chi connectivity index (χ3n) is 3.29. The van der Waals surface area contributed by atoms with E-state index in [4.69, 9.17) is 4.98 Å². The zero-order chi connectivity index (χ0) is 14.2. The number of fused-ring (bicyclic) bond motifs is 1. The predicted octanol–water partition coefficient (Wildman–Crippen LogP) is 5.25. The molecule has 1 unspecified atom stereocenters. The molecule has 1 aromatic carbocycles. The van der Waals surface area contributed by atoms with Gasteiger partial charge in [-0.15, -0.1) is 0 Å². The van der Waals surface area contributed by atoms with Crippen LogP contribution in [0.4, 0.5) is 0 Å². The zero-order valence-electron chi connectivity index (χ0n) is 12.5. The quantitative estimate of drug-likeness (QED) is 0.821. The summed E-state index contributed by atoms with van der Waals surface area (Å²) >= 11 is 3.54. The number of aromatic amines is 1. The molecule has 0 spiro atoms. The molecule has 2 aromatic rings. The smallest absolute Gasteiger partial charge is 0.107 e. The molecule has 0 bridgehead atoms. The summed E-state index contributed by atoms with van der Waals surface area (Å²) in [7, 11) is 0. The number of hydrogen-bond donors (Lipinski definition) is 1. The number of benzene rings is 1. The minimum Gasteiger partial charge on any atom is -0.342 e. The molecule has 0 aliphatic heterocycles. The van der Waals surface area contributed by atoms with E-state index in [1.54, 1.807) is 0 Å². The molecule has 2 nitrogen and oxygen atoms in total. The highest BCUT2D eigenvalue weighted by Crippen LogP contribution is 2.27. The van der Waals surface area contributed by atoms with Crippen molar-refractivity contribution in [3.8, 4) is 0 Å². The lowest BCUT2D eigenvalue weighted by molar-refractivity contribution is 0.304. The summed E-state index contributed by atoms with van der Waals surface area (Å²) in [5.41, 5.74) is 3.83. The molecular weight excluding hydrogens is 300 g/mol. The first-order chi connectivity index (χ1) is 8.74. The summed E-state index contributed by atoms with van der Waals surface area (Å²) in [6, 6.07) is 4.22. The fraction of sp³-hybridized carbons (Fsp3) is 0.562. The maximum Gasteiger partial charge on any atom is 0.107 e. The van der Waals surface area contributed by atoms with Crippen molar-refractivity contribution in [2.24, 2.45) is 11.3 Å². The molecule has 0 aliphatic rings. The lowest BCUT2D eigenvalue weighted by Gasteiger charge is -2.22. The van der Waals surface area contributed by atoms with Gasteiger partial charge in [0.25, 0.3) is 0 Å². The standard InChI is InChI=1S/C16H23BrN2/c1-10(9-16(3,4)5)6-14-18-13-8-12(17)7-11(2)15(13)19-14/h7-8,10H,6,9H2,1-5H3,(H,18,19). The van der Waals surface area contributed by atoms with E-state index in [9.17, 15) is 0 Å². The van der Waals surface area contributed by atoms with Crippen LogP contribution in [0.5, 0.6) is 0 Å². The monoisotopic (exact) mass is 322 g/mol. The average molecular weight is 323 g/mol. The number of nitrogens with one attached hydrogen (secondary N) is 1. The molecule has 1 aromatic heterocycles. The fourth-order valence-electron chi connectivity index (χ4n) is 2.84. The number of aryl methyl sites for hydroxylation is 1. The van der Waals surface area contributed by atoms with Crippen molar-refractivity contribution in [2.75, 3.05) is 0 Å². The Kier molecular flexibility index (Phi) is 4.05. The second-order valence-corrected chi connectivity index (χ2v) is 7.79. The van der Waals surface area contributed by atoms with Gasteiger partial charge in [-0.25, -0.2) is 4.98 Å². The van der Waals surface area contributed by atoms with Crippen molar-refractivity contribution in [1.82, 2.24) is 9.97 Å². The number of imidazole rings is 1. The van der Waals surface area contributed by atoms with Gasteiger partial charge in [-0.2, -0.15) is 0 Å². The molecule has 3 heteroatoms. The van der Waals surface area contributed by atoms with Gasteiger partial charge < -0.3 is 4.98 Å². The van der Waals surface area contributed by atoms with Crippen molar-refractivity contribution >= 4 is 27.0 Å². The Morgan fingerprint density at radius 1 is 1.32 bits per heavy atom. The van der Waals surface area contributed by atoms with Crippen LogP contribution in [0.1, 0.15) is 45.5 Å². The minimum atomic E-state index is 0.379. The number of halogens is 1. The van der Waals surface area contributed by atoms with Crippen molar-refractivity contribution in [2.45, 2.75) is 47.5 Å². The largest absolute Gasteiger partial charge is 0.342 e. The van der Waals surface area contributed by atoms with Crippen molar-refractivity contribution < 1.29 is 0 Å². The van der Waals surface area contributed by atoms with Gasteiger partial charge in [0.05, 0.1) is 11.0 Å². The Balaban J connectivity index is 2.20. The van der Waals surface area contributed by atoms with Crippen molar-refractivity contribution in [3.05, 3.63) is 28.0 Å². The molecule has 0 fully saturated rings. The molecule has 0 saturated carbocycles. The second kappa shape index (κ2) is 5.28. The van der Waals surface area contributed by atoms with Crippen LogP contribution in [-0.4, -0.2) is 9.97 Å². The molecule has 0 saturated heterocycles. The third kappa shape index (κ3) is 3.82. The Morgan fingerprint density at radius 3 is 2.63 bits per heavy atom. The predicted molar refractivity (Wildman–Crippen MR) is 85.5 cm³/mol. The van der Waals surface area contributed by atoms with Gasteiger partial charge in [0.1, 0.15) is 5.82 Å². The maximum atomic E-state index is 4.75. The minimum absolute atomic E-state index is 0.379. The Hall–Kier alpha value is -0.830. The van der Waals surface area contributed by atoms with Gasteiger partial charge in [-0.1, -0.05) is 43.6 Å². The van der Waals surface area contributed by atoms with E-state index in [1.807, 2.05) is 0 Å². The molecule has 1 atom stereocenters. The zero-order valence-corrected chi connectivity index (χ0v) is 14.1. The summed E-state index contributed by atoms with van der Waals surface area (Å²) in [6.45, 7) is 11.3. The normalized spacial score (nSPS) is 14.0. The van der Waals surface area contributed by atoms with Crippen molar-refractivity contribution in [1.29, 1.82) is 0 Å². The SMILES string of the molecule is Cc1cc(Br)cc2[nH]c(CC(C)CC(C)(C)C)nc12. The van der Waals surface area contributed by atoms with Gasteiger partial charge in [0.2, 0.25) is 0 Å². The summed E-state index contributed by atoms with van der Waals surface area (Å²) in [4.78, 5) is 8.20. The van der Waals surface area contributed by atoms with Crippen LogP contribution in [0.15, 0.2) is 16.6 Å². The average Bonchev–Trinajstić information content (AvgIpc) is 2.56. The van der Waals surface area contributed by atoms with E-state index in [1.165, 1.54) is 12.0 Å². The Labute approximate surface area is 124 Å². The van der Waals surface area contributed by atoms with Gasteiger partial charge in [-0.3, -0.25) is 0 Å². The highest BCUT2D eigenvalue weighted by atomic mass is 79.9. The van der Waals surface area contributed by atoms with Crippen LogP contribution in [0.25, 0.3) is 11.0 Å². The van der Waals surface area contributed by atoms with Crippen LogP contribution < -0.4 is 0 Å². The van der Waals surface area contributed by atoms with Crippen molar-refractivity contribution in [3.63, 3.8) is 0 Å². The second-order valence-electron chi connectivity index (χ2n) is 6.88. The Bertz CT molecular complexity index is 578. The molecule has 2 rings (SSSR count). The van der Waals surface area contributed by atoms with Gasteiger partial charge in [0.15, 0.2) is 0 Å². The van der Waals surface area contributed by atoms with Gasteiger partial charge in [0, 0.05) is 10.9 Å². The molecular formula is C16H23BrN2. The lowest BCUT2D eigenvalue weighted by Crippen LogP contribution is -2.13. The highest BCUT2D eigenvalue weighted by molar-refractivity contribution is 9.10. The highest BCUT2D eigenvalue weighted by Gasteiger charge is 2.17. The van der Waals surface area contributed by atoms with Crippen LogP contribution >= 0.6 is 15.9 Å². The summed E-state index contributed by atoms with van der Waals surface area (Å²) in [6.07, 6.45) is 2.23. The number of nitrogens with zero attached hydrogens (tertiary/aromatic N) is 1. The molecule has 104 valence electrons. The number of H-pyrrole nitrogens is 1. The molecule has 0 amide bonds.